The molecule has 14 heavy (non-hydrogen) atoms. The Hall–Kier alpha value is -0.0800. The summed E-state index contributed by atoms with van der Waals surface area (Å²) in [7, 11) is 2.06. The highest BCUT2D eigenvalue weighted by Gasteiger charge is 2.14. The normalized spacial score (nSPS) is 24.9. The predicted molar refractivity (Wildman–Crippen MR) is 62.6 cm³/mol. The summed E-state index contributed by atoms with van der Waals surface area (Å²) in [4.78, 5) is 0. The topological polar surface area (TPSA) is 24.1 Å². The lowest BCUT2D eigenvalue weighted by molar-refractivity contribution is 0.338. The highest BCUT2D eigenvalue weighted by molar-refractivity contribution is 4.73. The van der Waals surface area contributed by atoms with Gasteiger partial charge in [-0.15, -0.1) is 0 Å². The fourth-order valence-corrected chi connectivity index (χ4v) is 2.35. The summed E-state index contributed by atoms with van der Waals surface area (Å²) in [5.41, 5.74) is 0. The monoisotopic (exact) mass is 198 g/mol. The second-order valence-electron chi connectivity index (χ2n) is 4.56. The van der Waals surface area contributed by atoms with Crippen LogP contribution in [0.5, 0.6) is 0 Å². The molecule has 0 aromatic heterocycles. The molecule has 1 aliphatic rings. The van der Waals surface area contributed by atoms with Crippen molar-refractivity contribution in [3.8, 4) is 0 Å². The molecule has 1 rings (SSSR count). The molecule has 2 nitrogen and oxygen atoms in total. The lowest BCUT2D eigenvalue weighted by Crippen LogP contribution is -2.34. The third-order valence-electron chi connectivity index (χ3n) is 3.41. The van der Waals surface area contributed by atoms with Gasteiger partial charge in [0.2, 0.25) is 0 Å². The van der Waals surface area contributed by atoms with Crippen molar-refractivity contribution in [3.63, 3.8) is 0 Å². The van der Waals surface area contributed by atoms with Gasteiger partial charge >= 0.3 is 0 Å². The van der Waals surface area contributed by atoms with Gasteiger partial charge in [-0.25, -0.2) is 0 Å². The van der Waals surface area contributed by atoms with Crippen molar-refractivity contribution in [1.29, 1.82) is 0 Å². The fraction of sp³-hybridized carbons (Fsp3) is 1.00. The lowest BCUT2D eigenvalue weighted by atomic mass is 9.93. The zero-order valence-electron chi connectivity index (χ0n) is 9.81. The van der Waals surface area contributed by atoms with Gasteiger partial charge in [0.05, 0.1) is 0 Å². The molecule has 0 amide bonds. The zero-order valence-corrected chi connectivity index (χ0v) is 9.81. The Labute approximate surface area is 88.8 Å². The molecule has 1 aliphatic heterocycles. The molecule has 1 saturated heterocycles. The summed E-state index contributed by atoms with van der Waals surface area (Å²) in [5.74, 6) is 0.878. The van der Waals surface area contributed by atoms with Crippen molar-refractivity contribution in [2.24, 2.45) is 5.92 Å². The third-order valence-corrected chi connectivity index (χ3v) is 3.41. The van der Waals surface area contributed by atoms with Crippen LogP contribution in [-0.4, -0.2) is 26.2 Å². The van der Waals surface area contributed by atoms with E-state index >= 15 is 0 Å². The van der Waals surface area contributed by atoms with Gasteiger partial charge in [-0.2, -0.15) is 0 Å². The molecule has 0 aromatic carbocycles. The van der Waals surface area contributed by atoms with E-state index in [1.54, 1.807) is 0 Å². The summed E-state index contributed by atoms with van der Waals surface area (Å²) in [6.45, 7) is 4.73. The number of nitrogens with one attached hydrogen (secondary N) is 2. The quantitative estimate of drug-likeness (QED) is 0.683. The SMILES string of the molecule is CCC(CCC1CCCCN1)CNC. The van der Waals surface area contributed by atoms with Crippen molar-refractivity contribution in [1.82, 2.24) is 10.6 Å². The van der Waals surface area contributed by atoms with Crippen LogP contribution in [0.2, 0.25) is 0 Å². The second-order valence-corrected chi connectivity index (χ2v) is 4.56. The molecule has 2 atom stereocenters. The van der Waals surface area contributed by atoms with Crippen LogP contribution in [0.4, 0.5) is 0 Å². The van der Waals surface area contributed by atoms with E-state index in [0.29, 0.717) is 0 Å². The smallest absolute Gasteiger partial charge is 0.00671 e. The summed E-state index contributed by atoms with van der Waals surface area (Å²) in [6.07, 6.45) is 8.28. The van der Waals surface area contributed by atoms with Crippen molar-refractivity contribution >= 4 is 0 Å². The van der Waals surface area contributed by atoms with Crippen molar-refractivity contribution in [2.45, 2.75) is 51.5 Å². The van der Waals surface area contributed by atoms with Crippen LogP contribution in [-0.2, 0) is 0 Å². The van der Waals surface area contributed by atoms with Crippen molar-refractivity contribution in [2.75, 3.05) is 20.1 Å². The van der Waals surface area contributed by atoms with Gasteiger partial charge in [-0.05, 0) is 51.7 Å². The molecule has 2 heteroatoms. The van der Waals surface area contributed by atoms with Gasteiger partial charge in [0.1, 0.15) is 0 Å². The molecule has 2 N–H and O–H groups in total. The Bertz CT molecular complexity index is 126. The van der Waals surface area contributed by atoms with E-state index in [1.165, 1.54) is 51.6 Å². The molecule has 0 aromatic rings. The van der Waals surface area contributed by atoms with Crippen LogP contribution in [0.1, 0.15) is 45.4 Å². The van der Waals surface area contributed by atoms with E-state index in [4.69, 9.17) is 0 Å². The van der Waals surface area contributed by atoms with Gasteiger partial charge in [0, 0.05) is 6.04 Å². The summed E-state index contributed by atoms with van der Waals surface area (Å²) in [5, 5.41) is 6.91. The largest absolute Gasteiger partial charge is 0.319 e. The van der Waals surface area contributed by atoms with Crippen LogP contribution < -0.4 is 10.6 Å². The first-order valence-corrected chi connectivity index (χ1v) is 6.24. The predicted octanol–water partition coefficient (Wildman–Crippen LogP) is 2.15. The Balaban J connectivity index is 2.10. The molecule has 2 unspecified atom stereocenters. The van der Waals surface area contributed by atoms with Gasteiger partial charge in [0.25, 0.3) is 0 Å². The first kappa shape index (κ1) is 12.0. The Kier molecular flexibility index (Phi) is 6.20. The lowest BCUT2D eigenvalue weighted by Gasteiger charge is -2.25. The van der Waals surface area contributed by atoms with Gasteiger partial charge in [-0.1, -0.05) is 19.8 Å². The first-order chi connectivity index (χ1) is 6.86. The molecule has 1 heterocycles. The highest BCUT2D eigenvalue weighted by atomic mass is 14.9. The highest BCUT2D eigenvalue weighted by Crippen LogP contribution is 2.16. The molecule has 0 spiro atoms. The summed E-state index contributed by atoms with van der Waals surface area (Å²) >= 11 is 0. The van der Waals surface area contributed by atoms with Crippen LogP contribution in [0.3, 0.4) is 0 Å². The number of hydrogen-bond acceptors (Lipinski definition) is 2. The molecule has 0 saturated carbocycles. The zero-order chi connectivity index (χ0) is 10.2. The first-order valence-electron chi connectivity index (χ1n) is 6.24. The molecule has 1 fully saturated rings. The van der Waals surface area contributed by atoms with Gasteiger partial charge in [0.15, 0.2) is 0 Å². The van der Waals surface area contributed by atoms with E-state index in [0.717, 1.165) is 12.0 Å². The number of rotatable bonds is 6. The minimum atomic E-state index is 0.814. The van der Waals surface area contributed by atoms with E-state index < -0.39 is 0 Å². The average molecular weight is 198 g/mol. The van der Waals surface area contributed by atoms with Crippen LogP contribution >= 0.6 is 0 Å². The van der Waals surface area contributed by atoms with E-state index in [2.05, 4.69) is 24.6 Å². The Morgan fingerprint density at radius 1 is 1.43 bits per heavy atom. The summed E-state index contributed by atoms with van der Waals surface area (Å²) < 4.78 is 0. The molecular weight excluding hydrogens is 172 g/mol. The molecule has 0 bridgehead atoms. The minimum absolute atomic E-state index is 0.814. The maximum absolute atomic E-state index is 3.62. The van der Waals surface area contributed by atoms with Crippen molar-refractivity contribution < 1.29 is 0 Å². The number of piperidine rings is 1. The van der Waals surface area contributed by atoms with Crippen LogP contribution in [0.15, 0.2) is 0 Å². The molecule has 84 valence electrons. The Morgan fingerprint density at radius 3 is 2.86 bits per heavy atom. The van der Waals surface area contributed by atoms with Gasteiger partial charge in [-0.3, -0.25) is 0 Å². The maximum Gasteiger partial charge on any atom is 0.00671 e. The maximum atomic E-state index is 3.62. The second kappa shape index (κ2) is 7.24. The average Bonchev–Trinajstić information content (AvgIpc) is 2.25. The number of hydrogen-bond donors (Lipinski definition) is 2. The molecule has 0 aliphatic carbocycles. The molecular formula is C12H26N2. The van der Waals surface area contributed by atoms with Crippen molar-refractivity contribution in [3.05, 3.63) is 0 Å². The third kappa shape index (κ3) is 4.43. The van der Waals surface area contributed by atoms with Crippen LogP contribution in [0.25, 0.3) is 0 Å². The van der Waals surface area contributed by atoms with E-state index in [9.17, 15) is 0 Å². The van der Waals surface area contributed by atoms with Crippen LogP contribution in [0, 0.1) is 5.92 Å². The van der Waals surface area contributed by atoms with E-state index in [1.807, 2.05) is 0 Å². The summed E-state index contributed by atoms with van der Waals surface area (Å²) in [6, 6.07) is 0.814. The fourth-order valence-electron chi connectivity index (χ4n) is 2.35. The standard InChI is InChI=1S/C12H26N2/c1-3-11(10-13-2)7-8-12-6-4-5-9-14-12/h11-14H,3-10H2,1-2H3. The Morgan fingerprint density at radius 2 is 2.29 bits per heavy atom. The van der Waals surface area contributed by atoms with E-state index in [-0.39, 0.29) is 0 Å². The molecule has 0 radical (unpaired) electrons. The van der Waals surface area contributed by atoms with Gasteiger partial charge < -0.3 is 10.6 Å². The minimum Gasteiger partial charge on any atom is -0.319 e.